The molecule has 1 N–H and O–H groups in total. The van der Waals surface area contributed by atoms with Gasteiger partial charge in [0.1, 0.15) is 16.7 Å². The third-order valence-corrected chi connectivity index (χ3v) is 6.59. The summed E-state index contributed by atoms with van der Waals surface area (Å²) in [5, 5.41) is 13.4. The summed E-state index contributed by atoms with van der Waals surface area (Å²) in [5.41, 5.74) is 1.21. The van der Waals surface area contributed by atoms with Crippen LogP contribution in [0.25, 0.3) is 10.6 Å². The largest absolute Gasteiger partial charge is 0.312 e. The van der Waals surface area contributed by atoms with Crippen molar-refractivity contribution in [1.82, 2.24) is 30.0 Å². The SMILES string of the molecule is Cl.c1ccc(-c2ncc(CN3CCC(c4nnc5n4CCNC5)CC3)s2)cc1. The lowest BCUT2D eigenvalue weighted by Gasteiger charge is -2.31. The molecule has 0 atom stereocenters. The third kappa shape index (κ3) is 3.98. The van der Waals surface area contributed by atoms with E-state index in [1.807, 2.05) is 23.6 Å². The highest BCUT2D eigenvalue weighted by molar-refractivity contribution is 7.15. The summed E-state index contributed by atoms with van der Waals surface area (Å²) in [5.74, 6) is 2.84. The van der Waals surface area contributed by atoms with Crippen LogP contribution in [0.4, 0.5) is 0 Å². The summed E-state index contributed by atoms with van der Waals surface area (Å²) in [6, 6.07) is 10.4. The molecule has 0 spiro atoms. The molecule has 0 aliphatic carbocycles. The highest BCUT2D eigenvalue weighted by Gasteiger charge is 2.27. The van der Waals surface area contributed by atoms with Gasteiger partial charge in [-0.05, 0) is 25.9 Å². The van der Waals surface area contributed by atoms with Crippen molar-refractivity contribution in [2.45, 2.75) is 38.4 Å². The second kappa shape index (κ2) is 8.69. The van der Waals surface area contributed by atoms with Gasteiger partial charge in [0, 0.05) is 42.2 Å². The molecular formula is C20H25ClN6S. The van der Waals surface area contributed by atoms with E-state index in [1.165, 1.54) is 16.3 Å². The van der Waals surface area contributed by atoms with E-state index < -0.39 is 0 Å². The second-order valence-corrected chi connectivity index (χ2v) is 8.47. The fourth-order valence-corrected chi connectivity index (χ4v) is 5.04. The first-order valence-corrected chi connectivity index (χ1v) is 10.5. The number of rotatable bonds is 4. The smallest absolute Gasteiger partial charge is 0.147 e. The van der Waals surface area contributed by atoms with Crippen molar-refractivity contribution in [3.63, 3.8) is 0 Å². The molecule has 2 aliphatic rings. The zero-order valence-electron chi connectivity index (χ0n) is 15.8. The number of benzene rings is 1. The van der Waals surface area contributed by atoms with Crippen LogP contribution in [0.2, 0.25) is 0 Å². The van der Waals surface area contributed by atoms with Crippen LogP contribution in [-0.4, -0.2) is 44.3 Å². The predicted molar refractivity (Wildman–Crippen MR) is 114 cm³/mol. The Kier molecular flexibility index (Phi) is 6.06. The molecular weight excluding hydrogens is 392 g/mol. The summed E-state index contributed by atoms with van der Waals surface area (Å²) in [7, 11) is 0. The Morgan fingerprint density at radius 3 is 2.71 bits per heavy atom. The number of halogens is 1. The minimum Gasteiger partial charge on any atom is -0.312 e. The highest BCUT2D eigenvalue weighted by atomic mass is 35.5. The maximum Gasteiger partial charge on any atom is 0.147 e. The van der Waals surface area contributed by atoms with Gasteiger partial charge in [0.05, 0.1) is 6.54 Å². The van der Waals surface area contributed by atoms with E-state index in [9.17, 15) is 0 Å². The normalized spacial score (nSPS) is 17.9. The Hall–Kier alpha value is -1.80. The summed E-state index contributed by atoms with van der Waals surface area (Å²) < 4.78 is 2.34. The maximum atomic E-state index is 4.62. The van der Waals surface area contributed by atoms with Crippen molar-refractivity contribution in [1.29, 1.82) is 0 Å². The lowest BCUT2D eigenvalue weighted by atomic mass is 9.95. The van der Waals surface area contributed by atoms with Gasteiger partial charge in [-0.2, -0.15) is 0 Å². The Morgan fingerprint density at radius 1 is 1.07 bits per heavy atom. The first kappa shape index (κ1) is 19.5. The van der Waals surface area contributed by atoms with Gasteiger partial charge in [0.2, 0.25) is 0 Å². The number of thiazole rings is 1. The van der Waals surface area contributed by atoms with Crippen LogP contribution in [0, 0.1) is 0 Å². The van der Waals surface area contributed by atoms with E-state index in [1.54, 1.807) is 0 Å². The Balaban J connectivity index is 0.00000192. The number of nitrogens with one attached hydrogen (secondary N) is 1. The average Bonchev–Trinajstić information content (AvgIpc) is 3.37. The van der Waals surface area contributed by atoms with E-state index in [0.717, 1.165) is 62.9 Å². The van der Waals surface area contributed by atoms with E-state index in [0.29, 0.717) is 5.92 Å². The van der Waals surface area contributed by atoms with E-state index in [-0.39, 0.29) is 12.4 Å². The topological polar surface area (TPSA) is 58.9 Å². The zero-order chi connectivity index (χ0) is 18.1. The van der Waals surface area contributed by atoms with Gasteiger partial charge in [-0.15, -0.1) is 33.9 Å². The zero-order valence-corrected chi connectivity index (χ0v) is 17.4. The Labute approximate surface area is 175 Å². The van der Waals surface area contributed by atoms with Gasteiger partial charge in [0.15, 0.2) is 0 Å². The Morgan fingerprint density at radius 2 is 1.89 bits per heavy atom. The molecule has 0 radical (unpaired) electrons. The molecule has 3 aromatic rings. The quantitative estimate of drug-likeness (QED) is 0.707. The number of hydrogen-bond acceptors (Lipinski definition) is 6. The number of hydrogen-bond donors (Lipinski definition) is 1. The number of piperidine rings is 1. The Bertz CT molecular complexity index is 901. The molecule has 8 heteroatoms. The van der Waals surface area contributed by atoms with Crippen molar-refractivity contribution >= 4 is 23.7 Å². The molecule has 5 rings (SSSR count). The minimum absolute atomic E-state index is 0. The molecule has 1 fully saturated rings. The number of aromatic nitrogens is 4. The van der Waals surface area contributed by atoms with Crippen LogP contribution in [0.3, 0.4) is 0 Å². The van der Waals surface area contributed by atoms with Crippen LogP contribution < -0.4 is 5.32 Å². The van der Waals surface area contributed by atoms with Gasteiger partial charge in [-0.25, -0.2) is 4.98 Å². The summed E-state index contributed by atoms with van der Waals surface area (Å²) >= 11 is 1.81. The lowest BCUT2D eigenvalue weighted by molar-refractivity contribution is 0.201. The van der Waals surface area contributed by atoms with Crippen LogP contribution >= 0.6 is 23.7 Å². The van der Waals surface area contributed by atoms with Gasteiger partial charge in [0.25, 0.3) is 0 Å². The second-order valence-electron chi connectivity index (χ2n) is 7.35. The van der Waals surface area contributed by atoms with Gasteiger partial charge in [-0.3, -0.25) is 4.90 Å². The minimum atomic E-state index is 0. The molecule has 1 saturated heterocycles. The molecule has 1 aromatic carbocycles. The van der Waals surface area contributed by atoms with Crippen molar-refractivity contribution in [2.24, 2.45) is 0 Å². The molecule has 0 amide bonds. The fraction of sp³-hybridized carbons (Fsp3) is 0.450. The van der Waals surface area contributed by atoms with Gasteiger partial charge in [-0.1, -0.05) is 30.3 Å². The molecule has 4 heterocycles. The van der Waals surface area contributed by atoms with Crippen LogP contribution in [-0.2, 0) is 19.6 Å². The summed E-state index contributed by atoms with van der Waals surface area (Å²) in [6.45, 7) is 6.10. The van der Waals surface area contributed by atoms with E-state index >= 15 is 0 Å². The first-order chi connectivity index (χ1) is 13.4. The monoisotopic (exact) mass is 416 g/mol. The van der Waals surface area contributed by atoms with E-state index in [2.05, 4.69) is 54.2 Å². The molecule has 0 bridgehead atoms. The molecule has 0 saturated carbocycles. The van der Waals surface area contributed by atoms with E-state index in [4.69, 9.17) is 0 Å². The third-order valence-electron chi connectivity index (χ3n) is 5.56. The highest BCUT2D eigenvalue weighted by Crippen LogP contribution is 2.30. The lowest BCUT2D eigenvalue weighted by Crippen LogP contribution is -2.34. The molecule has 28 heavy (non-hydrogen) atoms. The molecule has 6 nitrogen and oxygen atoms in total. The van der Waals surface area contributed by atoms with Crippen molar-refractivity contribution in [3.8, 4) is 10.6 Å². The summed E-state index contributed by atoms with van der Waals surface area (Å²) in [6.07, 6.45) is 4.37. The maximum absolute atomic E-state index is 4.62. The molecule has 2 aromatic heterocycles. The fourth-order valence-electron chi connectivity index (χ4n) is 4.08. The molecule has 2 aliphatic heterocycles. The average molecular weight is 417 g/mol. The van der Waals surface area contributed by atoms with Gasteiger partial charge >= 0.3 is 0 Å². The standard InChI is InChI=1S/C20H24N6S.ClH/c1-2-4-16(5-3-1)20-22-12-17(27-20)14-25-9-6-15(7-10-25)19-24-23-18-13-21-8-11-26(18)19;/h1-5,12,15,21H,6-11,13-14H2;1H. The number of nitrogens with zero attached hydrogens (tertiary/aromatic N) is 5. The van der Waals surface area contributed by atoms with Crippen LogP contribution in [0.1, 0.15) is 35.3 Å². The van der Waals surface area contributed by atoms with Crippen LogP contribution in [0.5, 0.6) is 0 Å². The van der Waals surface area contributed by atoms with Gasteiger partial charge < -0.3 is 9.88 Å². The first-order valence-electron chi connectivity index (χ1n) is 9.72. The van der Waals surface area contributed by atoms with Crippen LogP contribution in [0.15, 0.2) is 36.5 Å². The summed E-state index contributed by atoms with van der Waals surface area (Å²) in [4.78, 5) is 8.52. The molecule has 148 valence electrons. The number of fused-ring (bicyclic) bond motifs is 1. The van der Waals surface area contributed by atoms with Crippen molar-refractivity contribution in [2.75, 3.05) is 19.6 Å². The molecule has 0 unspecified atom stereocenters. The van der Waals surface area contributed by atoms with Crippen molar-refractivity contribution < 1.29 is 0 Å². The number of likely N-dealkylation sites (tertiary alicyclic amines) is 1. The predicted octanol–water partition coefficient (Wildman–Crippen LogP) is 3.31. The van der Waals surface area contributed by atoms with Crippen molar-refractivity contribution in [3.05, 3.63) is 53.1 Å².